The van der Waals surface area contributed by atoms with Crippen molar-refractivity contribution in [3.8, 4) is 0 Å². The van der Waals surface area contributed by atoms with Crippen LogP contribution in [0.5, 0.6) is 0 Å². The second-order valence-electron chi connectivity index (χ2n) is 6.13. The third-order valence-electron chi connectivity index (χ3n) is 3.94. The molecule has 132 valence electrons. The Morgan fingerprint density at radius 3 is 2.68 bits per heavy atom. The van der Waals surface area contributed by atoms with Crippen molar-refractivity contribution in [1.82, 2.24) is 20.3 Å². The molecule has 1 amide bonds. The lowest BCUT2D eigenvalue weighted by Gasteiger charge is -2.18. The summed E-state index contributed by atoms with van der Waals surface area (Å²) in [5.74, 6) is 0.844. The average molecular weight is 344 g/mol. The van der Waals surface area contributed by atoms with Gasteiger partial charge in [0.25, 0.3) is 5.91 Å². The fraction of sp³-hybridized carbons (Fsp3) is 0.412. The quantitative estimate of drug-likeness (QED) is 0.888. The van der Waals surface area contributed by atoms with Gasteiger partial charge in [-0.1, -0.05) is 6.07 Å². The lowest BCUT2D eigenvalue weighted by molar-refractivity contribution is 0.0949. The van der Waals surface area contributed by atoms with E-state index in [4.69, 9.17) is 0 Å². The molecule has 1 aliphatic heterocycles. The van der Waals surface area contributed by atoms with Gasteiger partial charge in [-0.15, -0.1) is 0 Å². The highest BCUT2D eigenvalue weighted by Gasteiger charge is 2.18. The molecule has 0 atom stereocenters. The summed E-state index contributed by atoms with van der Waals surface area (Å²) in [6.07, 6.45) is 2.24. The van der Waals surface area contributed by atoms with E-state index in [9.17, 15) is 9.18 Å². The van der Waals surface area contributed by atoms with Gasteiger partial charge in [-0.2, -0.15) is 15.0 Å². The van der Waals surface area contributed by atoms with E-state index in [1.54, 1.807) is 11.0 Å². The summed E-state index contributed by atoms with van der Waals surface area (Å²) in [4.78, 5) is 29.4. The standard InChI is InChI=1S/C17H21FN6O/c1-23(2)16-20-14(21-17(22-16)24-8-3-4-9-24)11-19-15(25)12-6-5-7-13(18)10-12/h5-7,10H,3-4,8-9,11H2,1-2H3,(H,19,25). The van der Waals surface area contributed by atoms with Crippen molar-refractivity contribution in [2.45, 2.75) is 19.4 Å². The van der Waals surface area contributed by atoms with E-state index in [1.807, 2.05) is 14.1 Å². The first kappa shape index (κ1) is 17.1. The molecule has 1 saturated heterocycles. The Morgan fingerprint density at radius 2 is 2.00 bits per heavy atom. The number of amides is 1. The van der Waals surface area contributed by atoms with Crippen molar-refractivity contribution in [3.63, 3.8) is 0 Å². The molecular weight excluding hydrogens is 323 g/mol. The molecule has 0 saturated carbocycles. The van der Waals surface area contributed by atoms with Crippen LogP contribution in [-0.4, -0.2) is 48.0 Å². The maximum Gasteiger partial charge on any atom is 0.251 e. The molecule has 25 heavy (non-hydrogen) atoms. The number of carbonyl (C=O) groups is 1. The summed E-state index contributed by atoms with van der Waals surface area (Å²) >= 11 is 0. The van der Waals surface area contributed by atoms with E-state index in [-0.39, 0.29) is 18.0 Å². The molecule has 0 bridgehead atoms. The largest absolute Gasteiger partial charge is 0.347 e. The van der Waals surface area contributed by atoms with Crippen LogP contribution in [0.15, 0.2) is 24.3 Å². The minimum atomic E-state index is -0.445. The predicted molar refractivity (Wildman–Crippen MR) is 93.2 cm³/mol. The molecule has 0 aliphatic carbocycles. The van der Waals surface area contributed by atoms with Gasteiger partial charge in [0.2, 0.25) is 11.9 Å². The molecule has 1 N–H and O–H groups in total. The van der Waals surface area contributed by atoms with Gasteiger partial charge in [0, 0.05) is 32.7 Å². The highest BCUT2D eigenvalue weighted by molar-refractivity contribution is 5.94. The number of hydrogen-bond donors (Lipinski definition) is 1. The number of aromatic nitrogens is 3. The first-order valence-electron chi connectivity index (χ1n) is 8.24. The van der Waals surface area contributed by atoms with Gasteiger partial charge in [0.15, 0.2) is 5.82 Å². The summed E-state index contributed by atoms with van der Waals surface area (Å²) in [5.41, 5.74) is 0.265. The molecule has 2 aromatic rings. The van der Waals surface area contributed by atoms with Crippen molar-refractivity contribution in [3.05, 3.63) is 41.5 Å². The Morgan fingerprint density at radius 1 is 1.24 bits per heavy atom. The summed E-state index contributed by atoms with van der Waals surface area (Å²) in [7, 11) is 3.72. The van der Waals surface area contributed by atoms with E-state index in [0.29, 0.717) is 17.7 Å². The fourth-order valence-electron chi connectivity index (χ4n) is 2.62. The number of benzene rings is 1. The van der Waals surface area contributed by atoms with Crippen LogP contribution in [0.2, 0.25) is 0 Å². The molecule has 0 spiro atoms. The lowest BCUT2D eigenvalue weighted by atomic mass is 10.2. The first-order valence-corrected chi connectivity index (χ1v) is 8.24. The normalized spacial score (nSPS) is 13.8. The van der Waals surface area contributed by atoms with Crippen molar-refractivity contribution >= 4 is 17.8 Å². The van der Waals surface area contributed by atoms with Gasteiger partial charge in [0.05, 0.1) is 6.54 Å². The van der Waals surface area contributed by atoms with Crippen LogP contribution in [0.25, 0.3) is 0 Å². The number of anilines is 2. The van der Waals surface area contributed by atoms with Crippen LogP contribution in [0.3, 0.4) is 0 Å². The zero-order valence-electron chi connectivity index (χ0n) is 14.4. The van der Waals surface area contributed by atoms with Gasteiger partial charge in [-0.05, 0) is 31.0 Å². The summed E-state index contributed by atoms with van der Waals surface area (Å²) < 4.78 is 13.2. The zero-order chi connectivity index (χ0) is 17.8. The van der Waals surface area contributed by atoms with Crippen molar-refractivity contribution in [1.29, 1.82) is 0 Å². The van der Waals surface area contributed by atoms with Crippen LogP contribution in [0.1, 0.15) is 29.0 Å². The lowest BCUT2D eigenvalue weighted by Crippen LogP contribution is -2.27. The number of nitrogens with one attached hydrogen (secondary N) is 1. The van der Waals surface area contributed by atoms with Crippen molar-refractivity contribution in [2.75, 3.05) is 37.0 Å². The summed E-state index contributed by atoms with van der Waals surface area (Å²) in [6.45, 7) is 2.00. The predicted octanol–water partition coefficient (Wildman–Crippen LogP) is 1.61. The van der Waals surface area contributed by atoms with E-state index < -0.39 is 5.82 Å². The Labute approximate surface area is 145 Å². The van der Waals surface area contributed by atoms with E-state index in [2.05, 4.69) is 25.2 Å². The topological polar surface area (TPSA) is 74.2 Å². The third-order valence-corrected chi connectivity index (χ3v) is 3.94. The third kappa shape index (κ3) is 4.20. The Hall–Kier alpha value is -2.77. The van der Waals surface area contributed by atoms with E-state index in [0.717, 1.165) is 25.9 Å². The minimum absolute atomic E-state index is 0.152. The summed E-state index contributed by atoms with van der Waals surface area (Å²) in [6, 6.07) is 5.56. The fourth-order valence-corrected chi connectivity index (χ4v) is 2.62. The van der Waals surface area contributed by atoms with Crippen molar-refractivity contribution < 1.29 is 9.18 Å². The number of hydrogen-bond acceptors (Lipinski definition) is 6. The van der Waals surface area contributed by atoms with E-state index in [1.165, 1.54) is 18.2 Å². The Kier molecular flexibility index (Phi) is 5.06. The molecule has 1 fully saturated rings. The number of halogens is 1. The average Bonchev–Trinajstić information content (AvgIpc) is 3.14. The number of nitrogens with zero attached hydrogens (tertiary/aromatic N) is 5. The van der Waals surface area contributed by atoms with Gasteiger partial charge in [0.1, 0.15) is 5.82 Å². The Bertz CT molecular complexity index is 761. The monoisotopic (exact) mass is 344 g/mol. The SMILES string of the molecule is CN(C)c1nc(CNC(=O)c2cccc(F)c2)nc(N2CCCC2)n1. The first-order chi connectivity index (χ1) is 12.0. The molecule has 2 heterocycles. The van der Waals surface area contributed by atoms with Gasteiger partial charge in [-0.25, -0.2) is 4.39 Å². The van der Waals surface area contributed by atoms with Crippen LogP contribution in [-0.2, 0) is 6.54 Å². The molecule has 1 aliphatic rings. The van der Waals surface area contributed by atoms with Crippen LogP contribution >= 0.6 is 0 Å². The molecule has 0 radical (unpaired) electrons. The molecule has 3 rings (SSSR count). The minimum Gasteiger partial charge on any atom is -0.347 e. The molecule has 1 aromatic carbocycles. The number of carbonyl (C=O) groups excluding carboxylic acids is 1. The van der Waals surface area contributed by atoms with Gasteiger partial charge in [-0.3, -0.25) is 4.79 Å². The van der Waals surface area contributed by atoms with Crippen LogP contribution in [0.4, 0.5) is 16.3 Å². The number of rotatable bonds is 5. The summed E-state index contributed by atoms with van der Waals surface area (Å²) in [5, 5.41) is 2.73. The van der Waals surface area contributed by atoms with Crippen molar-refractivity contribution in [2.24, 2.45) is 0 Å². The van der Waals surface area contributed by atoms with E-state index >= 15 is 0 Å². The van der Waals surface area contributed by atoms with Gasteiger partial charge < -0.3 is 15.1 Å². The maximum atomic E-state index is 13.2. The van der Waals surface area contributed by atoms with Crippen LogP contribution < -0.4 is 15.1 Å². The maximum absolute atomic E-state index is 13.2. The molecule has 1 aromatic heterocycles. The van der Waals surface area contributed by atoms with Crippen LogP contribution in [0, 0.1) is 5.82 Å². The second kappa shape index (κ2) is 7.42. The smallest absolute Gasteiger partial charge is 0.251 e. The Balaban J connectivity index is 1.75. The second-order valence-corrected chi connectivity index (χ2v) is 6.13. The van der Waals surface area contributed by atoms with Gasteiger partial charge >= 0.3 is 0 Å². The molecule has 7 nitrogen and oxygen atoms in total. The molecule has 8 heteroatoms. The molecule has 0 unspecified atom stereocenters. The highest BCUT2D eigenvalue weighted by atomic mass is 19.1. The zero-order valence-corrected chi connectivity index (χ0v) is 14.4. The highest BCUT2D eigenvalue weighted by Crippen LogP contribution is 2.18. The molecular formula is C17H21FN6O.